The summed E-state index contributed by atoms with van der Waals surface area (Å²) < 4.78 is 11.7. The monoisotopic (exact) mass is 250 g/mol. The highest BCUT2D eigenvalue weighted by Crippen LogP contribution is 2.36. The smallest absolute Gasteiger partial charge is 0.231 e. The van der Waals surface area contributed by atoms with Gasteiger partial charge in [0.1, 0.15) is 0 Å². The van der Waals surface area contributed by atoms with E-state index in [4.69, 9.17) is 9.47 Å². The minimum atomic E-state index is 0.326. The van der Waals surface area contributed by atoms with Crippen LogP contribution < -0.4 is 9.47 Å². The first-order valence-electron chi connectivity index (χ1n) is 4.32. The number of hydrogen-bond acceptors (Lipinski definition) is 2. The fraction of sp³-hybridized carbons (Fsp3) is 0.0909. The van der Waals surface area contributed by atoms with Crippen LogP contribution in [0.25, 0.3) is 10.8 Å². The van der Waals surface area contributed by atoms with E-state index >= 15 is 0 Å². The average molecular weight is 251 g/mol. The van der Waals surface area contributed by atoms with Gasteiger partial charge in [-0.2, -0.15) is 0 Å². The van der Waals surface area contributed by atoms with Gasteiger partial charge in [-0.3, -0.25) is 0 Å². The standard InChI is InChI=1S/C11H7BrO2/c12-9-2-1-7-4-10-11(14-6-13-10)5-8(7)3-9/h1-5H,6H2. The fourth-order valence-corrected chi connectivity index (χ4v) is 1.99. The van der Waals surface area contributed by atoms with Crippen LogP contribution in [-0.2, 0) is 0 Å². The maximum atomic E-state index is 5.31. The predicted octanol–water partition coefficient (Wildman–Crippen LogP) is 3.33. The van der Waals surface area contributed by atoms with E-state index in [2.05, 4.69) is 28.1 Å². The molecule has 0 aliphatic carbocycles. The number of ether oxygens (including phenoxy) is 2. The van der Waals surface area contributed by atoms with E-state index in [0.717, 1.165) is 26.7 Å². The normalized spacial score (nSPS) is 13.5. The summed E-state index contributed by atoms with van der Waals surface area (Å²) in [6.07, 6.45) is 0. The summed E-state index contributed by atoms with van der Waals surface area (Å²) in [5.41, 5.74) is 0. The molecule has 0 N–H and O–H groups in total. The van der Waals surface area contributed by atoms with Gasteiger partial charge in [0.15, 0.2) is 11.5 Å². The summed E-state index contributed by atoms with van der Waals surface area (Å²) in [6, 6.07) is 10.1. The molecule has 0 saturated carbocycles. The Labute approximate surface area is 89.6 Å². The zero-order valence-electron chi connectivity index (χ0n) is 7.29. The Morgan fingerprint density at radius 2 is 1.64 bits per heavy atom. The van der Waals surface area contributed by atoms with Gasteiger partial charge in [0, 0.05) is 4.47 Å². The molecule has 70 valence electrons. The molecule has 0 aromatic heterocycles. The van der Waals surface area contributed by atoms with Crippen LogP contribution in [0.1, 0.15) is 0 Å². The molecular formula is C11H7BrO2. The van der Waals surface area contributed by atoms with Crippen LogP contribution in [0.3, 0.4) is 0 Å². The van der Waals surface area contributed by atoms with Gasteiger partial charge >= 0.3 is 0 Å². The summed E-state index contributed by atoms with van der Waals surface area (Å²) in [7, 11) is 0. The molecule has 0 fully saturated rings. The lowest BCUT2D eigenvalue weighted by molar-refractivity contribution is 0.174. The minimum absolute atomic E-state index is 0.326. The third-order valence-corrected chi connectivity index (χ3v) is 2.79. The topological polar surface area (TPSA) is 18.5 Å². The summed E-state index contributed by atoms with van der Waals surface area (Å²) >= 11 is 3.44. The lowest BCUT2D eigenvalue weighted by Gasteiger charge is -2.00. The molecule has 14 heavy (non-hydrogen) atoms. The van der Waals surface area contributed by atoms with Crippen LogP contribution >= 0.6 is 15.9 Å². The molecule has 0 radical (unpaired) electrons. The molecule has 1 aliphatic rings. The lowest BCUT2D eigenvalue weighted by atomic mass is 10.1. The van der Waals surface area contributed by atoms with Crippen molar-refractivity contribution in [3.05, 3.63) is 34.8 Å². The van der Waals surface area contributed by atoms with E-state index in [1.807, 2.05) is 18.2 Å². The summed E-state index contributed by atoms with van der Waals surface area (Å²) in [5, 5.41) is 2.32. The van der Waals surface area contributed by atoms with Gasteiger partial charge in [-0.1, -0.05) is 22.0 Å². The first kappa shape index (κ1) is 8.12. The number of benzene rings is 2. The highest BCUT2D eigenvalue weighted by atomic mass is 79.9. The Kier molecular flexibility index (Phi) is 1.67. The third-order valence-electron chi connectivity index (χ3n) is 2.29. The lowest BCUT2D eigenvalue weighted by Crippen LogP contribution is -1.92. The van der Waals surface area contributed by atoms with Crippen LogP contribution in [0, 0.1) is 0 Å². The molecule has 0 spiro atoms. The molecule has 2 nitrogen and oxygen atoms in total. The maximum Gasteiger partial charge on any atom is 0.231 e. The largest absolute Gasteiger partial charge is 0.454 e. The second kappa shape index (κ2) is 2.89. The Morgan fingerprint density at radius 1 is 0.929 bits per heavy atom. The quantitative estimate of drug-likeness (QED) is 0.714. The van der Waals surface area contributed by atoms with E-state index < -0.39 is 0 Å². The molecule has 0 unspecified atom stereocenters. The van der Waals surface area contributed by atoms with Gasteiger partial charge in [-0.05, 0) is 35.0 Å². The predicted molar refractivity (Wildman–Crippen MR) is 57.8 cm³/mol. The van der Waals surface area contributed by atoms with E-state index in [1.54, 1.807) is 0 Å². The van der Waals surface area contributed by atoms with Crippen LogP contribution in [0.4, 0.5) is 0 Å². The van der Waals surface area contributed by atoms with Gasteiger partial charge < -0.3 is 9.47 Å². The summed E-state index contributed by atoms with van der Waals surface area (Å²) in [6.45, 7) is 0.326. The van der Waals surface area contributed by atoms with Crippen molar-refractivity contribution in [2.24, 2.45) is 0 Å². The van der Waals surface area contributed by atoms with E-state index in [-0.39, 0.29) is 0 Å². The molecular weight excluding hydrogens is 244 g/mol. The van der Waals surface area contributed by atoms with Crippen LogP contribution in [-0.4, -0.2) is 6.79 Å². The molecule has 2 aromatic rings. The number of fused-ring (bicyclic) bond motifs is 2. The SMILES string of the molecule is Brc1ccc2cc3c(cc2c1)OCO3. The van der Waals surface area contributed by atoms with E-state index in [1.165, 1.54) is 0 Å². The molecule has 3 rings (SSSR count). The molecule has 0 saturated heterocycles. The minimum Gasteiger partial charge on any atom is -0.454 e. The first-order chi connectivity index (χ1) is 6.83. The van der Waals surface area contributed by atoms with Crippen molar-refractivity contribution in [1.82, 2.24) is 0 Å². The maximum absolute atomic E-state index is 5.31. The van der Waals surface area contributed by atoms with Crippen LogP contribution in [0.5, 0.6) is 11.5 Å². The van der Waals surface area contributed by atoms with Gasteiger partial charge in [0.25, 0.3) is 0 Å². The Balaban J connectivity index is 2.33. The van der Waals surface area contributed by atoms with Crippen molar-refractivity contribution in [2.75, 3.05) is 6.79 Å². The summed E-state index contributed by atoms with van der Waals surface area (Å²) in [5.74, 6) is 1.66. The van der Waals surface area contributed by atoms with Gasteiger partial charge in [0.2, 0.25) is 6.79 Å². The van der Waals surface area contributed by atoms with Crippen molar-refractivity contribution in [3.8, 4) is 11.5 Å². The highest BCUT2D eigenvalue weighted by Gasteiger charge is 2.13. The number of halogens is 1. The molecule has 2 aromatic carbocycles. The highest BCUT2D eigenvalue weighted by molar-refractivity contribution is 9.10. The Hall–Kier alpha value is -1.22. The second-order valence-corrected chi connectivity index (χ2v) is 4.11. The summed E-state index contributed by atoms with van der Waals surface area (Å²) in [4.78, 5) is 0. The Morgan fingerprint density at radius 3 is 2.43 bits per heavy atom. The van der Waals surface area contributed by atoms with E-state index in [9.17, 15) is 0 Å². The molecule has 0 atom stereocenters. The zero-order valence-corrected chi connectivity index (χ0v) is 8.87. The molecule has 1 heterocycles. The van der Waals surface area contributed by atoms with Crippen molar-refractivity contribution in [1.29, 1.82) is 0 Å². The van der Waals surface area contributed by atoms with Gasteiger partial charge in [0.05, 0.1) is 0 Å². The zero-order chi connectivity index (χ0) is 9.54. The molecule has 1 aliphatic heterocycles. The Bertz CT molecular complexity index is 508. The third kappa shape index (κ3) is 1.16. The van der Waals surface area contributed by atoms with Crippen molar-refractivity contribution in [3.63, 3.8) is 0 Å². The second-order valence-electron chi connectivity index (χ2n) is 3.20. The fourth-order valence-electron chi connectivity index (χ4n) is 1.61. The first-order valence-corrected chi connectivity index (χ1v) is 5.11. The number of hydrogen-bond donors (Lipinski definition) is 0. The average Bonchev–Trinajstić information content (AvgIpc) is 2.61. The molecule has 3 heteroatoms. The van der Waals surface area contributed by atoms with Gasteiger partial charge in [-0.15, -0.1) is 0 Å². The van der Waals surface area contributed by atoms with Crippen LogP contribution in [0.2, 0.25) is 0 Å². The van der Waals surface area contributed by atoms with Gasteiger partial charge in [-0.25, -0.2) is 0 Å². The molecule has 0 bridgehead atoms. The van der Waals surface area contributed by atoms with Crippen LogP contribution in [0.15, 0.2) is 34.8 Å². The number of rotatable bonds is 0. The van der Waals surface area contributed by atoms with Crippen molar-refractivity contribution >= 4 is 26.7 Å². The molecule has 0 amide bonds. The van der Waals surface area contributed by atoms with Crippen molar-refractivity contribution in [2.45, 2.75) is 0 Å². The van der Waals surface area contributed by atoms with Crippen molar-refractivity contribution < 1.29 is 9.47 Å². The van der Waals surface area contributed by atoms with E-state index in [0.29, 0.717) is 6.79 Å².